The minimum absolute atomic E-state index is 0.229. The van der Waals surface area contributed by atoms with E-state index in [2.05, 4.69) is 279 Å². The lowest BCUT2D eigenvalue weighted by Crippen LogP contribution is -2.15. The minimum Gasteiger partial charge on any atom is -0.0616 e. The third-order valence-electron chi connectivity index (χ3n) is 15.0. The van der Waals surface area contributed by atoms with Crippen LogP contribution in [0.3, 0.4) is 0 Å². The third-order valence-corrected chi connectivity index (χ3v) is 16.6. The SMILES string of the molecule is c1ccc2c(-c3cc(-c4cccc5ccccc45)c(Pc4c(-c5cccc6ccccc56)cc(-c5cccc6ccccc56)cc4-c4cccc5ccccc45)c(-c4cccc5ccccc45)c3)cccc2c1. The smallest absolute Gasteiger partial charge is 0.00687 e. The van der Waals surface area contributed by atoms with E-state index in [1.165, 1.54) is 142 Å². The fraction of sp³-hybridized carbons (Fsp3) is 0. The van der Waals surface area contributed by atoms with Gasteiger partial charge < -0.3 is 0 Å². The van der Waals surface area contributed by atoms with Crippen molar-refractivity contribution in [2.24, 2.45) is 0 Å². The second kappa shape index (κ2) is 18.0. The highest BCUT2D eigenvalue weighted by Gasteiger charge is 2.25. The molecule has 0 bridgehead atoms. The van der Waals surface area contributed by atoms with Crippen LogP contribution in [0.1, 0.15) is 0 Å². The van der Waals surface area contributed by atoms with Crippen LogP contribution in [0.4, 0.5) is 0 Å². The zero-order valence-electron chi connectivity index (χ0n) is 40.1. The highest BCUT2D eigenvalue weighted by atomic mass is 31.1. The molecule has 14 aromatic rings. The van der Waals surface area contributed by atoms with Gasteiger partial charge in [0.1, 0.15) is 0 Å². The first-order valence-electron chi connectivity index (χ1n) is 25.2. The van der Waals surface area contributed by atoms with Gasteiger partial charge in [-0.3, -0.25) is 0 Å². The molecule has 0 fully saturated rings. The zero-order chi connectivity index (χ0) is 48.2. The normalized spacial score (nSPS) is 11.6. The molecule has 0 atom stereocenters. The Kier molecular flexibility index (Phi) is 10.6. The lowest BCUT2D eigenvalue weighted by atomic mass is 9.88. The second-order valence-electron chi connectivity index (χ2n) is 19.2. The largest absolute Gasteiger partial charge is 0.0616 e. The van der Waals surface area contributed by atoms with Gasteiger partial charge in [-0.05, 0) is 166 Å². The molecule has 0 saturated carbocycles. The summed E-state index contributed by atoms with van der Waals surface area (Å²) in [6.07, 6.45) is 0. The monoisotopic (exact) mass is 942 g/mol. The number of rotatable bonds is 8. The molecule has 0 amide bonds. The second-order valence-corrected chi connectivity index (χ2v) is 20.4. The predicted molar refractivity (Wildman–Crippen MR) is 318 cm³/mol. The molecule has 73 heavy (non-hydrogen) atoms. The summed E-state index contributed by atoms with van der Waals surface area (Å²) in [5.74, 6) is 0. The van der Waals surface area contributed by atoms with E-state index >= 15 is 0 Å². The Morgan fingerprint density at radius 1 is 0.164 bits per heavy atom. The highest BCUT2D eigenvalue weighted by molar-refractivity contribution is 7.57. The van der Waals surface area contributed by atoms with Crippen LogP contribution in [0.5, 0.6) is 0 Å². The Morgan fingerprint density at radius 2 is 0.356 bits per heavy atom. The van der Waals surface area contributed by atoms with E-state index in [0.29, 0.717) is 0 Å². The van der Waals surface area contributed by atoms with Crippen molar-refractivity contribution in [3.63, 3.8) is 0 Å². The van der Waals surface area contributed by atoms with Crippen molar-refractivity contribution in [3.05, 3.63) is 279 Å². The molecule has 14 rings (SSSR count). The number of benzene rings is 14. The van der Waals surface area contributed by atoms with Crippen LogP contribution in [0.15, 0.2) is 279 Å². The van der Waals surface area contributed by atoms with Crippen LogP contribution >= 0.6 is 8.58 Å². The third kappa shape index (κ3) is 7.50. The molecule has 0 unspecified atom stereocenters. The molecule has 0 heterocycles. The maximum absolute atomic E-state index is 2.51. The van der Waals surface area contributed by atoms with Gasteiger partial charge in [-0.25, -0.2) is 0 Å². The van der Waals surface area contributed by atoms with Crippen LogP contribution < -0.4 is 10.6 Å². The van der Waals surface area contributed by atoms with Gasteiger partial charge in [0.25, 0.3) is 0 Å². The molecule has 0 aliphatic carbocycles. The molecule has 0 nitrogen and oxygen atoms in total. The molecule has 14 aromatic carbocycles. The lowest BCUT2D eigenvalue weighted by Gasteiger charge is -2.25. The first-order chi connectivity index (χ1) is 36.2. The first-order valence-corrected chi connectivity index (χ1v) is 26.2. The Labute approximate surface area is 427 Å². The van der Waals surface area contributed by atoms with Crippen molar-refractivity contribution in [1.82, 2.24) is 0 Å². The predicted octanol–water partition coefficient (Wildman–Crippen LogP) is 19.2. The van der Waals surface area contributed by atoms with Gasteiger partial charge in [0.05, 0.1) is 0 Å². The number of hydrogen-bond acceptors (Lipinski definition) is 0. The molecule has 0 aliphatic rings. The van der Waals surface area contributed by atoms with E-state index in [-0.39, 0.29) is 8.58 Å². The fourth-order valence-electron chi connectivity index (χ4n) is 11.6. The molecule has 1 heteroatoms. The molecule has 0 aromatic heterocycles. The van der Waals surface area contributed by atoms with Crippen molar-refractivity contribution in [3.8, 4) is 66.8 Å². The molecule has 0 spiro atoms. The van der Waals surface area contributed by atoms with Crippen LogP contribution in [0.2, 0.25) is 0 Å². The molecule has 0 saturated heterocycles. The topological polar surface area (TPSA) is 0 Å². The average molecular weight is 943 g/mol. The molecule has 0 radical (unpaired) electrons. The average Bonchev–Trinajstić information content (AvgIpc) is 3.46. The maximum Gasteiger partial charge on any atom is -0.00687 e. The Bertz CT molecular complexity index is 3960. The van der Waals surface area contributed by atoms with E-state index in [1.54, 1.807) is 0 Å². The highest BCUT2D eigenvalue weighted by Crippen LogP contribution is 2.46. The quantitative estimate of drug-likeness (QED) is 0.133. The summed E-state index contributed by atoms with van der Waals surface area (Å²) in [5, 5.41) is 17.5. The fourth-order valence-corrected chi connectivity index (χ4v) is 13.3. The molecule has 0 N–H and O–H groups in total. The van der Waals surface area contributed by atoms with Crippen molar-refractivity contribution < 1.29 is 0 Å². The van der Waals surface area contributed by atoms with Crippen molar-refractivity contribution >= 4 is 83.8 Å². The van der Waals surface area contributed by atoms with Gasteiger partial charge >= 0.3 is 0 Å². The summed E-state index contributed by atoms with van der Waals surface area (Å²) in [6.45, 7) is 0. The van der Waals surface area contributed by atoms with Crippen LogP contribution in [-0.4, -0.2) is 0 Å². The Hall–Kier alpha value is -8.93. The van der Waals surface area contributed by atoms with Crippen LogP contribution in [0.25, 0.3) is 131 Å². The Balaban J connectivity index is 1.16. The van der Waals surface area contributed by atoms with Gasteiger partial charge in [0, 0.05) is 0 Å². The van der Waals surface area contributed by atoms with E-state index in [0.717, 1.165) is 0 Å². The van der Waals surface area contributed by atoms with E-state index < -0.39 is 0 Å². The van der Waals surface area contributed by atoms with Gasteiger partial charge in [-0.15, -0.1) is 0 Å². The van der Waals surface area contributed by atoms with Crippen LogP contribution in [-0.2, 0) is 0 Å². The van der Waals surface area contributed by atoms with Crippen molar-refractivity contribution in [2.45, 2.75) is 0 Å². The van der Waals surface area contributed by atoms with Gasteiger partial charge in [-0.1, -0.05) is 263 Å². The summed E-state index contributed by atoms with van der Waals surface area (Å²) in [5.41, 5.74) is 14.8. The molecule has 340 valence electrons. The van der Waals surface area contributed by atoms with E-state index in [1.807, 2.05) is 0 Å². The standard InChI is InChI=1S/C72H47P/c1-7-31-55-47(19-1)25-13-37-61(55)53-43-67(63-39-15-27-49-21-3-9-33-57(49)63)71(68(44-53)64-40-16-28-50-22-4-10-34-58(50)64)73-72-69(65-41-17-29-51-23-5-11-35-59(51)65)45-54(62-38-14-26-48-20-2-8-32-56(48)62)46-70(72)66-42-18-30-52-24-6-12-36-60(52)66/h1-46,73H. The van der Waals surface area contributed by atoms with E-state index in [4.69, 9.17) is 0 Å². The first kappa shape index (κ1) is 42.9. The molecular weight excluding hydrogens is 896 g/mol. The van der Waals surface area contributed by atoms with Gasteiger partial charge in [-0.2, -0.15) is 0 Å². The minimum atomic E-state index is 0.229. The van der Waals surface area contributed by atoms with Crippen molar-refractivity contribution in [1.29, 1.82) is 0 Å². The summed E-state index contributed by atoms with van der Waals surface area (Å²) in [4.78, 5) is 0. The summed E-state index contributed by atoms with van der Waals surface area (Å²) in [7, 11) is 0.229. The van der Waals surface area contributed by atoms with Gasteiger partial charge in [0.2, 0.25) is 0 Å². The summed E-state index contributed by atoms with van der Waals surface area (Å²) < 4.78 is 0. The number of fused-ring (bicyclic) bond motifs is 6. The van der Waals surface area contributed by atoms with E-state index in [9.17, 15) is 0 Å². The Morgan fingerprint density at radius 3 is 0.603 bits per heavy atom. The van der Waals surface area contributed by atoms with Crippen molar-refractivity contribution in [2.75, 3.05) is 0 Å². The van der Waals surface area contributed by atoms with Crippen LogP contribution in [0, 0.1) is 0 Å². The maximum atomic E-state index is 2.51. The number of hydrogen-bond donors (Lipinski definition) is 0. The van der Waals surface area contributed by atoms with Gasteiger partial charge in [0.15, 0.2) is 0 Å². The lowest BCUT2D eigenvalue weighted by molar-refractivity contribution is 1.62. The molecular formula is C72H47P. The molecule has 0 aliphatic heterocycles. The summed E-state index contributed by atoms with van der Waals surface area (Å²) in [6, 6.07) is 104. The zero-order valence-corrected chi connectivity index (χ0v) is 41.1. The summed E-state index contributed by atoms with van der Waals surface area (Å²) >= 11 is 0.